The molecule has 0 aromatic heterocycles. The number of carbonyl (C=O) groups excluding carboxylic acids is 1. The van der Waals surface area contributed by atoms with Gasteiger partial charge in [0.2, 0.25) is 0 Å². The van der Waals surface area contributed by atoms with E-state index in [0.29, 0.717) is 22.4 Å². The third kappa shape index (κ3) is 3.77. The maximum absolute atomic E-state index is 12.2. The average molecular weight is 326 g/mol. The van der Waals surface area contributed by atoms with Crippen LogP contribution in [-0.2, 0) is 5.41 Å². The Morgan fingerprint density at radius 3 is 2.21 bits per heavy atom. The first-order valence-corrected chi connectivity index (χ1v) is 7.66. The van der Waals surface area contributed by atoms with Gasteiger partial charge in [-0.15, -0.1) is 0 Å². The van der Waals surface area contributed by atoms with E-state index in [9.17, 15) is 15.0 Å². The lowest BCUT2D eigenvalue weighted by atomic mass is 9.84. The zero-order valence-corrected chi connectivity index (χ0v) is 14.3. The third-order valence-electron chi connectivity index (χ3n) is 3.69. The number of hydrogen-bond donors (Lipinski definition) is 2. The summed E-state index contributed by atoms with van der Waals surface area (Å²) < 4.78 is 5.48. The van der Waals surface area contributed by atoms with Crippen LogP contribution in [0, 0.1) is 0 Å². The van der Waals surface area contributed by atoms with Crippen LogP contribution in [0.15, 0.2) is 42.5 Å². The Morgan fingerprint density at radius 2 is 1.67 bits per heavy atom. The molecule has 0 fully saturated rings. The summed E-state index contributed by atoms with van der Waals surface area (Å²) in [5, 5.41) is 19.4. The van der Waals surface area contributed by atoms with E-state index in [4.69, 9.17) is 4.74 Å². The molecule has 0 heterocycles. The summed E-state index contributed by atoms with van der Waals surface area (Å²) in [4.78, 5) is 12.2. The first kappa shape index (κ1) is 17.6. The van der Waals surface area contributed by atoms with Crippen LogP contribution >= 0.6 is 0 Å². The monoisotopic (exact) mass is 326 g/mol. The molecule has 0 atom stereocenters. The Balaban J connectivity index is 2.39. The minimum absolute atomic E-state index is 0.116. The molecule has 2 rings (SSSR count). The molecule has 4 heteroatoms. The highest BCUT2D eigenvalue weighted by atomic mass is 16.5. The topological polar surface area (TPSA) is 66.8 Å². The Hall–Kier alpha value is -2.75. The Bertz CT molecular complexity index is 765. The highest BCUT2D eigenvalue weighted by Crippen LogP contribution is 2.40. The Kier molecular flexibility index (Phi) is 4.98. The average Bonchev–Trinajstić information content (AvgIpc) is 2.52. The number of ketones is 1. The fourth-order valence-corrected chi connectivity index (χ4v) is 2.55. The van der Waals surface area contributed by atoms with Crippen molar-refractivity contribution in [3.05, 3.63) is 59.2 Å². The summed E-state index contributed by atoms with van der Waals surface area (Å²) in [6.07, 6.45) is 3.12. The van der Waals surface area contributed by atoms with Gasteiger partial charge in [0.1, 0.15) is 17.2 Å². The molecule has 2 aromatic carbocycles. The third-order valence-corrected chi connectivity index (χ3v) is 3.69. The normalized spacial score (nSPS) is 11.7. The molecule has 126 valence electrons. The van der Waals surface area contributed by atoms with Gasteiger partial charge in [-0.05, 0) is 54.0 Å². The van der Waals surface area contributed by atoms with Gasteiger partial charge in [0.25, 0.3) is 0 Å². The molecule has 2 aromatic rings. The van der Waals surface area contributed by atoms with Crippen LogP contribution in [0.2, 0.25) is 0 Å². The maximum atomic E-state index is 12.2. The number of aromatic hydroxyl groups is 2. The molecular weight excluding hydrogens is 304 g/mol. The van der Waals surface area contributed by atoms with Crippen LogP contribution in [-0.4, -0.2) is 23.1 Å². The predicted octanol–water partition coefficient (Wildman–Crippen LogP) is 4.30. The van der Waals surface area contributed by atoms with Gasteiger partial charge in [0.05, 0.1) is 7.11 Å². The van der Waals surface area contributed by atoms with Crippen molar-refractivity contribution in [3.8, 4) is 17.2 Å². The lowest BCUT2D eigenvalue weighted by Crippen LogP contribution is -2.13. The molecular formula is C20H22O4. The van der Waals surface area contributed by atoms with E-state index in [1.165, 1.54) is 18.2 Å². The molecule has 24 heavy (non-hydrogen) atoms. The molecule has 0 amide bonds. The van der Waals surface area contributed by atoms with Crippen molar-refractivity contribution in [2.75, 3.05) is 7.11 Å². The van der Waals surface area contributed by atoms with E-state index in [0.717, 1.165) is 0 Å². The molecule has 0 unspecified atom stereocenters. The maximum Gasteiger partial charge on any atom is 0.185 e. The second-order valence-electron chi connectivity index (χ2n) is 6.58. The molecule has 0 bridgehead atoms. The number of phenolic OH excluding ortho intramolecular Hbond substituents is 2. The van der Waals surface area contributed by atoms with Gasteiger partial charge in [-0.2, -0.15) is 0 Å². The molecule has 2 N–H and O–H groups in total. The standard InChI is InChI=1S/C20H22O4/c1-20(2,3)18-17(23)12-8-14(19(18)24-4)7-11-16(22)13-5-9-15(21)10-6-13/h5-12,21,23H,1-4H3/b11-7+. The first-order chi connectivity index (χ1) is 11.2. The van der Waals surface area contributed by atoms with Gasteiger partial charge in [-0.3, -0.25) is 4.79 Å². The smallest absolute Gasteiger partial charge is 0.185 e. The molecule has 0 radical (unpaired) electrons. The van der Waals surface area contributed by atoms with Crippen molar-refractivity contribution in [1.29, 1.82) is 0 Å². The lowest BCUT2D eigenvalue weighted by Gasteiger charge is -2.24. The van der Waals surface area contributed by atoms with Crippen LogP contribution in [0.5, 0.6) is 17.2 Å². The van der Waals surface area contributed by atoms with Crippen molar-refractivity contribution in [2.24, 2.45) is 0 Å². The summed E-state index contributed by atoms with van der Waals surface area (Å²) in [5.41, 5.74) is 1.59. The number of benzene rings is 2. The summed E-state index contributed by atoms with van der Waals surface area (Å²) in [6.45, 7) is 5.96. The van der Waals surface area contributed by atoms with Crippen molar-refractivity contribution in [2.45, 2.75) is 26.2 Å². The molecule has 0 saturated heterocycles. The molecule has 0 spiro atoms. The Labute approximate surface area is 142 Å². The second kappa shape index (κ2) is 6.79. The SMILES string of the molecule is COc1c(/C=C/C(=O)c2ccc(O)cc2)ccc(O)c1C(C)(C)C. The highest BCUT2D eigenvalue weighted by Gasteiger charge is 2.24. The number of carbonyl (C=O) groups is 1. The van der Waals surface area contributed by atoms with Gasteiger partial charge in [0, 0.05) is 16.7 Å². The van der Waals surface area contributed by atoms with E-state index < -0.39 is 0 Å². The number of methoxy groups -OCH3 is 1. The fourth-order valence-electron chi connectivity index (χ4n) is 2.55. The van der Waals surface area contributed by atoms with Crippen LogP contribution in [0.3, 0.4) is 0 Å². The molecule has 0 saturated carbocycles. The van der Waals surface area contributed by atoms with E-state index in [2.05, 4.69) is 0 Å². The van der Waals surface area contributed by atoms with Crippen molar-refractivity contribution in [3.63, 3.8) is 0 Å². The number of phenols is 2. The van der Waals surface area contributed by atoms with Gasteiger partial charge >= 0.3 is 0 Å². The van der Waals surface area contributed by atoms with Crippen LogP contribution in [0.4, 0.5) is 0 Å². The van der Waals surface area contributed by atoms with Crippen LogP contribution in [0.1, 0.15) is 42.3 Å². The number of ether oxygens (including phenoxy) is 1. The van der Waals surface area contributed by atoms with Crippen molar-refractivity contribution in [1.82, 2.24) is 0 Å². The van der Waals surface area contributed by atoms with E-state index >= 15 is 0 Å². The van der Waals surface area contributed by atoms with Gasteiger partial charge < -0.3 is 14.9 Å². The summed E-state index contributed by atoms with van der Waals surface area (Å²) in [5.74, 6) is 0.659. The molecule has 0 aliphatic carbocycles. The quantitative estimate of drug-likeness (QED) is 0.649. The molecule has 0 aliphatic rings. The largest absolute Gasteiger partial charge is 0.508 e. The number of rotatable bonds is 4. The zero-order chi connectivity index (χ0) is 17.9. The van der Waals surface area contributed by atoms with Crippen LogP contribution in [0.25, 0.3) is 6.08 Å². The van der Waals surface area contributed by atoms with E-state index in [1.807, 2.05) is 20.8 Å². The Morgan fingerprint density at radius 1 is 1.04 bits per heavy atom. The molecule has 0 aliphatic heterocycles. The minimum Gasteiger partial charge on any atom is -0.508 e. The lowest BCUT2D eigenvalue weighted by molar-refractivity contribution is 0.104. The predicted molar refractivity (Wildman–Crippen MR) is 94.8 cm³/mol. The first-order valence-electron chi connectivity index (χ1n) is 7.66. The van der Waals surface area contributed by atoms with E-state index in [-0.39, 0.29) is 22.7 Å². The summed E-state index contributed by atoms with van der Waals surface area (Å²) in [7, 11) is 1.54. The minimum atomic E-state index is -0.305. The van der Waals surface area contributed by atoms with Crippen LogP contribution < -0.4 is 4.74 Å². The van der Waals surface area contributed by atoms with E-state index in [1.54, 1.807) is 37.5 Å². The van der Waals surface area contributed by atoms with Gasteiger partial charge in [-0.1, -0.05) is 20.8 Å². The summed E-state index contributed by atoms with van der Waals surface area (Å²) >= 11 is 0. The fraction of sp³-hybridized carbons (Fsp3) is 0.250. The second-order valence-corrected chi connectivity index (χ2v) is 6.58. The summed E-state index contributed by atoms with van der Waals surface area (Å²) in [6, 6.07) is 9.39. The van der Waals surface area contributed by atoms with Gasteiger partial charge in [0.15, 0.2) is 5.78 Å². The van der Waals surface area contributed by atoms with Crippen molar-refractivity contribution >= 4 is 11.9 Å². The van der Waals surface area contributed by atoms with Gasteiger partial charge in [-0.25, -0.2) is 0 Å². The number of allylic oxidation sites excluding steroid dienone is 1. The number of hydrogen-bond acceptors (Lipinski definition) is 4. The van der Waals surface area contributed by atoms with Crippen molar-refractivity contribution < 1.29 is 19.7 Å². The zero-order valence-electron chi connectivity index (χ0n) is 14.3. The molecule has 4 nitrogen and oxygen atoms in total. The highest BCUT2D eigenvalue weighted by molar-refractivity contribution is 6.07.